The maximum Gasteiger partial charge on any atom is 0.0751 e. The first-order chi connectivity index (χ1) is 14.3. The summed E-state index contributed by atoms with van der Waals surface area (Å²) >= 11 is 0. The average molecular weight is 392 g/mol. The van der Waals surface area contributed by atoms with Gasteiger partial charge in [-0.3, -0.25) is 4.98 Å². The molecule has 1 aromatic heterocycles. The van der Waals surface area contributed by atoms with Gasteiger partial charge >= 0.3 is 0 Å². The molecule has 1 heteroatoms. The van der Waals surface area contributed by atoms with Gasteiger partial charge in [0.25, 0.3) is 0 Å². The number of hydrogen-bond donors (Lipinski definition) is 0. The Hall–Kier alpha value is -2.93. The molecule has 5 rings (SSSR count). The van der Waals surface area contributed by atoms with Gasteiger partial charge in [0.1, 0.15) is 0 Å². The molecule has 0 saturated heterocycles. The molecule has 0 radical (unpaired) electrons. The van der Waals surface area contributed by atoms with Crippen molar-refractivity contribution in [3.05, 3.63) is 88.1 Å². The van der Waals surface area contributed by atoms with Crippen LogP contribution in [0.15, 0.2) is 54.7 Å². The van der Waals surface area contributed by atoms with Crippen LogP contribution < -0.4 is 0 Å². The second kappa shape index (κ2) is 6.54. The summed E-state index contributed by atoms with van der Waals surface area (Å²) in [5, 5.41) is 2.73. The zero-order valence-corrected chi connectivity index (χ0v) is 18.9. The summed E-state index contributed by atoms with van der Waals surface area (Å²) in [6, 6.07) is 18.1. The summed E-state index contributed by atoms with van der Waals surface area (Å²) in [6.45, 7) is 13.7. The van der Waals surface area contributed by atoms with E-state index in [9.17, 15) is 0 Å². The molecule has 0 aliphatic heterocycles. The number of pyridine rings is 1. The molecule has 0 spiro atoms. The topological polar surface area (TPSA) is 12.9 Å². The van der Waals surface area contributed by atoms with Crippen molar-refractivity contribution >= 4 is 10.8 Å². The van der Waals surface area contributed by atoms with Gasteiger partial charge in [-0.05, 0) is 89.0 Å². The smallest absolute Gasteiger partial charge is 0.0751 e. The molecule has 1 aliphatic carbocycles. The average Bonchev–Trinajstić information content (AvgIpc) is 2.73. The maximum absolute atomic E-state index is 5.00. The van der Waals surface area contributed by atoms with Gasteiger partial charge in [-0.1, -0.05) is 62.7 Å². The number of aryl methyl sites for hydroxylation is 3. The van der Waals surface area contributed by atoms with Crippen LogP contribution in [0.1, 0.15) is 54.2 Å². The summed E-state index contributed by atoms with van der Waals surface area (Å²) < 4.78 is 0. The minimum Gasteiger partial charge on any atom is -0.256 e. The van der Waals surface area contributed by atoms with E-state index in [1.165, 1.54) is 60.8 Å². The summed E-state index contributed by atoms with van der Waals surface area (Å²) in [5.41, 5.74) is 13.2. The normalized spacial score (nSPS) is 14.1. The van der Waals surface area contributed by atoms with Crippen LogP contribution in [-0.2, 0) is 11.8 Å². The molecule has 3 aromatic carbocycles. The highest BCUT2D eigenvalue weighted by Crippen LogP contribution is 2.52. The highest BCUT2D eigenvalue weighted by molar-refractivity contribution is 6.05. The van der Waals surface area contributed by atoms with Crippen molar-refractivity contribution in [3.8, 4) is 22.4 Å². The Morgan fingerprint density at radius 2 is 1.63 bits per heavy atom. The Morgan fingerprint density at radius 1 is 0.833 bits per heavy atom. The van der Waals surface area contributed by atoms with Gasteiger partial charge in [-0.25, -0.2) is 0 Å². The quantitative estimate of drug-likeness (QED) is 0.341. The van der Waals surface area contributed by atoms with Gasteiger partial charge < -0.3 is 0 Å². The monoisotopic (exact) mass is 391 g/mol. The standard InChI is InChI=1S/C29H29N/c1-7-20-15-17(2)16-24(19(20)4)28-27-23(13-14-30-28)22-10-8-9-21-12-11-18(3)26(25(21)22)29(27,5)6/h8-16H,7H2,1-6H3. The lowest BCUT2D eigenvalue weighted by Gasteiger charge is -2.37. The van der Waals surface area contributed by atoms with Crippen molar-refractivity contribution in [3.63, 3.8) is 0 Å². The summed E-state index contributed by atoms with van der Waals surface area (Å²) in [4.78, 5) is 5.00. The molecule has 0 fully saturated rings. The Morgan fingerprint density at radius 3 is 2.40 bits per heavy atom. The van der Waals surface area contributed by atoms with Crippen LogP contribution in [0.3, 0.4) is 0 Å². The Kier molecular flexibility index (Phi) is 4.15. The first-order valence-corrected chi connectivity index (χ1v) is 11.0. The van der Waals surface area contributed by atoms with Crippen LogP contribution in [-0.4, -0.2) is 4.98 Å². The first-order valence-electron chi connectivity index (χ1n) is 11.0. The van der Waals surface area contributed by atoms with Crippen LogP contribution in [0.2, 0.25) is 0 Å². The van der Waals surface area contributed by atoms with E-state index in [0.29, 0.717) is 0 Å². The largest absolute Gasteiger partial charge is 0.256 e. The maximum atomic E-state index is 5.00. The lowest BCUT2D eigenvalue weighted by Crippen LogP contribution is -2.26. The molecule has 0 saturated carbocycles. The van der Waals surface area contributed by atoms with Crippen LogP contribution in [0.4, 0.5) is 0 Å². The molecule has 0 N–H and O–H groups in total. The minimum absolute atomic E-state index is 0.126. The second-order valence-corrected chi connectivity index (χ2v) is 9.32. The summed E-state index contributed by atoms with van der Waals surface area (Å²) in [5.74, 6) is 0. The van der Waals surface area contributed by atoms with Gasteiger partial charge in [0, 0.05) is 17.2 Å². The number of nitrogens with zero attached hydrogens (tertiary/aromatic N) is 1. The lowest BCUT2D eigenvalue weighted by atomic mass is 9.66. The molecule has 0 unspecified atom stereocenters. The van der Waals surface area contributed by atoms with Crippen LogP contribution >= 0.6 is 0 Å². The Labute approximate surface area is 179 Å². The molecular formula is C29H29N. The fourth-order valence-electron chi connectivity index (χ4n) is 5.71. The molecule has 30 heavy (non-hydrogen) atoms. The van der Waals surface area contributed by atoms with E-state index in [0.717, 1.165) is 12.1 Å². The Bertz CT molecular complexity index is 1320. The predicted octanol–water partition coefficient (Wildman–Crippen LogP) is 7.70. The lowest BCUT2D eigenvalue weighted by molar-refractivity contribution is 0.639. The molecule has 1 aliphatic rings. The van der Waals surface area contributed by atoms with E-state index in [1.54, 1.807) is 0 Å². The molecule has 1 nitrogen and oxygen atoms in total. The first kappa shape index (κ1) is 19.1. The van der Waals surface area contributed by atoms with E-state index in [-0.39, 0.29) is 5.41 Å². The fourth-order valence-corrected chi connectivity index (χ4v) is 5.71. The third-order valence-corrected chi connectivity index (χ3v) is 7.04. The number of fused-ring (bicyclic) bond motifs is 2. The third-order valence-electron chi connectivity index (χ3n) is 7.04. The van der Waals surface area contributed by atoms with Crippen molar-refractivity contribution in [1.29, 1.82) is 0 Å². The zero-order valence-electron chi connectivity index (χ0n) is 18.9. The summed E-state index contributed by atoms with van der Waals surface area (Å²) in [7, 11) is 0. The molecule has 0 atom stereocenters. The van der Waals surface area contributed by atoms with Crippen molar-refractivity contribution in [1.82, 2.24) is 4.98 Å². The van der Waals surface area contributed by atoms with Crippen LogP contribution in [0.5, 0.6) is 0 Å². The summed E-state index contributed by atoms with van der Waals surface area (Å²) in [6.07, 6.45) is 3.04. The van der Waals surface area contributed by atoms with E-state index in [2.05, 4.69) is 90.1 Å². The number of hydrogen-bond acceptors (Lipinski definition) is 1. The predicted molar refractivity (Wildman–Crippen MR) is 128 cm³/mol. The number of aromatic nitrogens is 1. The van der Waals surface area contributed by atoms with Crippen LogP contribution in [0, 0.1) is 20.8 Å². The molecule has 0 amide bonds. The van der Waals surface area contributed by atoms with E-state index in [4.69, 9.17) is 4.98 Å². The molecule has 0 bridgehead atoms. The van der Waals surface area contributed by atoms with Gasteiger partial charge in [0.15, 0.2) is 0 Å². The SMILES string of the molecule is CCc1cc(C)cc(-c2nccc3c2C(C)(C)c2c(C)ccc4cccc-3c24)c1C. The van der Waals surface area contributed by atoms with Gasteiger partial charge in [-0.2, -0.15) is 0 Å². The van der Waals surface area contributed by atoms with Crippen molar-refractivity contribution in [2.75, 3.05) is 0 Å². The Balaban J connectivity index is 1.94. The highest BCUT2D eigenvalue weighted by Gasteiger charge is 2.37. The molecule has 150 valence electrons. The van der Waals surface area contributed by atoms with Crippen molar-refractivity contribution in [2.24, 2.45) is 0 Å². The van der Waals surface area contributed by atoms with Gasteiger partial charge in [-0.15, -0.1) is 0 Å². The third kappa shape index (κ3) is 2.51. The van der Waals surface area contributed by atoms with Gasteiger partial charge in [0.05, 0.1) is 5.69 Å². The fraction of sp³-hybridized carbons (Fsp3) is 0.276. The number of benzene rings is 3. The molecule has 1 heterocycles. The zero-order chi connectivity index (χ0) is 21.2. The molecular weight excluding hydrogens is 362 g/mol. The van der Waals surface area contributed by atoms with Gasteiger partial charge in [0.2, 0.25) is 0 Å². The van der Waals surface area contributed by atoms with E-state index >= 15 is 0 Å². The van der Waals surface area contributed by atoms with Crippen LogP contribution in [0.25, 0.3) is 33.2 Å². The van der Waals surface area contributed by atoms with E-state index < -0.39 is 0 Å². The number of rotatable bonds is 2. The van der Waals surface area contributed by atoms with Crippen molar-refractivity contribution < 1.29 is 0 Å². The minimum atomic E-state index is -0.126. The second-order valence-electron chi connectivity index (χ2n) is 9.32. The molecule has 4 aromatic rings. The van der Waals surface area contributed by atoms with E-state index in [1.807, 2.05) is 6.20 Å². The van der Waals surface area contributed by atoms with Crippen molar-refractivity contribution in [2.45, 2.75) is 53.4 Å². The highest BCUT2D eigenvalue weighted by atomic mass is 14.7.